The molecule has 2 nitrogen and oxygen atoms in total. The highest BCUT2D eigenvalue weighted by atomic mass is 79.9. The van der Waals surface area contributed by atoms with E-state index in [1.165, 1.54) is 5.56 Å². The van der Waals surface area contributed by atoms with Crippen LogP contribution in [0.15, 0.2) is 40.9 Å². The molecule has 0 aliphatic heterocycles. The van der Waals surface area contributed by atoms with Crippen LogP contribution in [0.2, 0.25) is 0 Å². The molecule has 3 heteroatoms. The fourth-order valence-electron chi connectivity index (χ4n) is 1.76. The maximum Gasteiger partial charge on any atom is 0.152 e. The van der Waals surface area contributed by atoms with Gasteiger partial charge in [0.15, 0.2) is 6.29 Å². The molecule has 0 radical (unpaired) electrons. The van der Waals surface area contributed by atoms with Crippen LogP contribution in [0.25, 0.3) is 0 Å². The van der Waals surface area contributed by atoms with Crippen LogP contribution in [0.3, 0.4) is 0 Å². The van der Waals surface area contributed by atoms with Crippen LogP contribution in [-0.2, 0) is 0 Å². The van der Waals surface area contributed by atoms with Crippen LogP contribution in [-0.4, -0.2) is 6.29 Å². The zero-order valence-electron chi connectivity index (χ0n) is 10.3. The van der Waals surface area contributed by atoms with E-state index in [2.05, 4.69) is 39.4 Å². The van der Waals surface area contributed by atoms with Crippen molar-refractivity contribution in [3.05, 3.63) is 57.6 Å². The monoisotopic (exact) mass is 303 g/mol. The topological polar surface area (TPSA) is 29.1 Å². The van der Waals surface area contributed by atoms with Gasteiger partial charge in [-0.1, -0.05) is 28.1 Å². The highest BCUT2D eigenvalue weighted by Gasteiger charge is 2.05. The van der Waals surface area contributed by atoms with Gasteiger partial charge in [0.25, 0.3) is 0 Å². The molecule has 0 fully saturated rings. The number of rotatable bonds is 3. The number of benzene rings is 2. The van der Waals surface area contributed by atoms with Crippen LogP contribution >= 0.6 is 15.9 Å². The minimum Gasteiger partial charge on any atom is -0.355 e. The van der Waals surface area contributed by atoms with E-state index >= 15 is 0 Å². The standard InChI is InChI=1S/C15H14BrNO/c1-10-3-4-11(2)15(7-10)17-14-6-5-13(16)8-12(14)9-18/h3-9,17H,1-2H3. The number of aryl methyl sites for hydroxylation is 2. The first-order valence-electron chi connectivity index (χ1n) is 5.69. The summed E-state index contributed by atoms with van der Waals surface area (Å²) in [5.41, 5.74) is 4.83. The maximum absolute atomic E-state index is 11.1. The second kappa shape index (κ2) is 5.36. The number of halogens is 1. The Bertz CT molecular complexity index is 593. The van der Waals surface area contributed by atoms with Crippen molar-refractivity contribution in [1.29, 1.82) is 0 Å². The SMILES string of the molecule is Cc1ccc(C)c(Nc2ccc(Br)cc2C=O)c1. The van der Waals surface area contributed by atoms with Crippen molar-refractivity contribution in [2.45, 2.75) is 13.8 Å². The molecule has 0 saturated heterocycles. The van der Waals surface area contributed by atoms with Crippen molar-refractivity contribution in [2.75, 3.05) is 5.32 Å². The quantitative estimate of drug-likeness (QED) is 0.838. The van der Waals surface area contributed by atoms with Crippen LogP contribution in [0.1, 0.15) is 21.5 Å². The first-order valence-corrected chi connectivity index (χ1v) is 6.48. The molecule has 2 aromatic rings. The van der Waals surface area contributed by atoms with E-state index in [0.29, 0.717) is 5.56 Å². The molecule has 2 aromatic carbocycles. The first-order chi connectivity index (χ1) is 8.60. The molecule has 1 N–H and O–H groups in total. The molecule has 92 valence electrons. The first kappa shape index (κ1) is 12.8. The molecule has 0 unspecified atom stereocenters. The van der Waals surface area contributed by atoms with Gasteiger partial charge in [0, 0.05) is 21.4 Å². The predicted molar refractivity (Wildman–Crippen MR) is 78.7 cm³/mol. The Hall–Kier alpha value is -1.61. The smallest absolute Gasteiger partial charge is 0.152 e. The Balaban J connectivity index is 2.39. The van der Waals surface area contributed by atoms with Crippen molar-refractivity contribution in [2.24, 2.45) is 0 Å². The summed E-state index contributed by atoms with van der Waals surface area (Å²) in [6.45, 7) is 4.09. The summed E-state index contributed by atoms with van der Waals surface area (Å²) in [5.74, 6) is 0. The molecular weight excluding hydrogens is 290 g/mol. The lowest BCUT2D eigenvalue weighted by Gasteiger charge is -2.12. The molecule has 0 atom stereocenters. The van der Waals surface area contributed by atoms with Crippen LogP contribution in [0.5, 0.6) is 0 Å². The Morgan fingerprint density at radius 1 is 1.06 bits per heavy atom. The van der Waals surface area contributed by atoms with Gasteiger partial charge in [-0.05, 0) is 49.2 Å². The lowest BCUT2D eigenvalue weighted by atomic mass is 10.1. The van der Waals surface area contributed by atoms with E-state index in [9.17, 15) is 4.79 Å². The molecular formula is C15H14BrNO. The lowest BCUT2D eigenvalue weighted by molar-refractivity contribution is 0.112. The van der Waals surface area contributed by atoms with Crippen molar-refractivity contribution in [3.63, 3.8) is 0 Å². The molecule has 0 aromatic heterocycles. The van der Waals surface area contributed by atoms with Gasteiger partial charge in [-0.15, -0.1) is 0 Å². The number of nitrogens with one attached hydrogen (secondary N) is 1. The summed E-state index contributed by atoms with van der Waals surface area (Å²) >= 11 is 3.36. The Labute approximate surface area is 115 Å². The highest BCUT2D eigenvalue weighted by Crippen LogP contribution is 2.25. The third-order valence-corrected chi connectivity index (χ3v) is 3.30. The second-order valence-electron chi connectivity index (χ2n) is 4.29. The molecule has 0 aliphatic carbocycles. The Kier molecular flexibility index (Phi) is 3.82. The summed E-state index contributed by atoms with van der Waals surface area (Å²) in [6.07, 6.45) is 0.859. The zero-order chi connectivity index (χ0) is 13.1. The van der Waals surface area contributed by atoms with Gasteiger partial charge in [0.2, 0.25) is 0 Å². The largest absolute Gasteiger partial charge is 0.355 e. The van der Waals surface area contributed by atoms with Gasteiger partial charge in [0.05, 0.1) is 0 Å². The van der Waals surface area contributed by atoms with E-state index in [-0.39, 0.29) is 0 Å². The molecule has 0 saturated carbocycles. The van der Waals surface area contributed by atoms with Gasteiger partial charge in [-0.2, -0.15) is 0 Å². The second-order valence-corrected chi connectivity index (χ2v) is 5.21. The summed E-state index contributed by atoms with van der Waals surface area (Å²) in [5, 5.41) is 3.31. The number of hydrogen-bond acceptors (Lipinski definition) is 2. The van der Waals surface area contributed by atoms with Crippen LogP contribution < -0.4 is 5.32 Å². The van der Waals surface area contributed by atoms with Crippen molar-refractivity contribution in [1.82, 2.24) is 0 Å². The van der Waals surface area contributed by atoms with E-state index < -0.39 is 0 Å². The minimum absolute atomic E-state index is 0.644. The summed E-state index contributed by atoms with van der Waals surface area (Å²) in [6, 6.07) is 11.8. The average molecular weight is 304 g/mol. The van der Waals surface area contributed by atoms with Crippen molar-refractivity contribution >= 4 is 33.6 Å². The Morgan fingerprint density at radius 2 is 1.83 bits per heavy atom. The van der Waals surface area contributed by atoms with E-state index in [0.717, 1.165) is 27.7 Å². The van der Waals surface area contributed by atoms with Gasteiger partial charge in [0.1, 0.15) is 0 Å². The number of hydrogen-bond donors (Lipinski definition) is 1. The number of carbonyl (C=O) groups excluding carboxylic acids is 1. The Morgan fingerprint density at radius 3 is 2.56 bits per heavy atom. The lowest BCUT2D eigenvalue weighted by Crippen LogP contribution is -1.97. The third-order valence-electron chi connectivity index (χ3n) is 2.80. The van der Waals surface area contributed by atoms with Gasteiger partial charge in [-0.3, -0.25) is 4.79 Å². The highest BCUT2D eigenvalue weighted by molar-refractivity contribution is 9.10. The summed E-state index contributed by atoms with van der Waals surface area (Å²) in [4.78, 5) is 11.1. The maximum atomic E-state index is 11.1. The predicted octanol–water partition coefficient (Wildman–Crippen LogP) is 4.62. The van der Waals surface area contributed by atoms with E-state index in [4.69, 9.17) is 0 Å². The molecule has 0 aliphatic rings. The number of anilines is 2. The van der Waals surface area contributed by atoms with Gasteiger partial charge < -0.3 is 5.32 Å². The normalized spacial score (nSPS) is 10.2. The van der Waals surface area contributed by atoms with Gasteiger partial charge >= 0.3 is 0 Å². The minimum atomic E-state index is 0.644. The molecule has 0 bridgehead atoms. The molecule has 2 rings (SSSR count). The van der Waals surface area contributed by atoms with E-state index in [1.807, 2.05) is 26.0 Å². The average Bonchev–Trinajstić information content (AvgIpc) is 2.36. The van der Waals surface area contributed by atoms with Crippen LogP contribution in [0.4, 0.5) is 11.4 Å². The molecule has 0 spiro atoms. The van der Waals surface area contributed by atoms with Gasteiger partial charge in [-0.25, -0.2) is 0 Å². The number of aldehydes is 1. The molecule has 0 amide bonds. The molecule has 18 heavy (non-hydrogen) atoms. The van der Waals surface area contributed by atoms with Crippen LogP contribution in [0, 0.1) is 13.8 Å². The summed E-state index contributed by atoms with van der Waals surface area (Å²) in [7, 11) is 0. The molecule has 0 heterocycles. The summed E-state index contributed by atoms with van der Waals surface area (Å²) < 4.78 is 0.899. The number of carbonyl (C=O) groups is 1. The van der Waals surface area contributed by atoms with E-state index in [1.54, 1.807) is 6.07 Å². The third kappa shape index (κ3) is 2.79. The van der Waals surface area contributed by atoms with Crippen molar-refractivity contribution < 1.29 is 4.79 Å². The fourth-order valence-corrected chi connectivity index (χ4v) is 2.14. The zero-order valence-corrected chi connectivity index (χ0v) is 11.9. The fraction of sp³-hybridized carbons (Fsp3) is 0.133. The van der Waals surface area contributed by atoms with Crippen molar-refractivity contribution in [3.8, 4) is 0 Å².